The van der Waals surface area contributed by atoms with Crippen LogP contribution >= 0.6 is 0 Å². The topological polar surface area (TPSA) is 53.6 Å². The normalized spacial score (nSPS) is 29.0. The molecule has 0 aromatic carbocycles. The van der Waals surface area contributed by atoms with Gasteiger partial charge in [-0.15, -0.1) is 0 Å². The van der Waals surface area contributed by atoms with Crippen LogP contribution in [0.5, 0.6) is 0 Å². The Balaban J connectivity index is 1.80. The lowest BCUT2D eigenvalue weighted by Gasteiger charge is -2.43. The predicted molar refractivity (Wildman–Crippen MR) is 84.5 cm³/mol. The minimum Gasteiger partial charge on any atom is -0.444 e. The molecule has 122 valence electrons. The van der Waals surface area contributed by atoms with E-state index < -0.39 is 5.60 Å². The maximum Gasteiger partial charge on any atom is 0.408 e. The number of ether oxygens (including phenoxy) is 1. The minimum atomic E-state index is -0.438. The van der Waals surface area contributed by atoms with E-state index in [0.29, 0.717) is 12.1 Å². The Morgan fingerprint density at radius 3 is 2.48 bits per heavy atom. The highest BCUT2D eigenvalue weighted by Gasteiger charge is 2.40. The number of hydrogen-bond donors (Lipinski definition) is 2. The molecule has 5 nitrogen and oxygen atoms in total. The lowest BCUT2D eigenvalue weighted by Crippen LogP contribution is -2.61. The third kappa shape index (κ3) is 4.58. The molecule has 1 heterocycles. The highest BCUT2D eigenvalue weighted by Crippen LogP contribution is 2.32. The van der Waals surface area contributed by atoms with Crippen LogP contribution in [-0.4, -0.2) is 54.4 Å². The first-order valence-electron chi connectivity index (χ1n) is 8.14. The quantitative estimate of drug-likeness (QED) is 0.834. The summed E-state index contributed by atoms with van der Waals surface area (Å²) in [5.41, 5.74) is -0.543. The molecular formula is C16H31N3O2. The van der Waals surface area contributed by atoms with Gasteiger partial charge in [0, 0.05) is 25.2 Å². The average molecular weight is 297 g/mol. The van der Waals surface area contributed by atoms with E-state index in [-0.39, 0.29) is 11.6 Å². The zero-order valence-corrected chi connectivity index (χ0v) is 14.2. The molecule has 5 heteroatoms. The fourth-order valence-electron chi connectivity index (χ4n) is 3.15. The van der Waals surface area contributed by atoms with Crippen molar-refractivity contribution in [3.05, 3.63) is 0 Å². The lowest BCUT2D eigenvalue weighted by atomic mass is 9.76. The first-order chi connectivity index (χ1) is 9.69. The van der Waals surface area contributed by atoms with Crippen molar-refractivity contribution in [2.45, 2.75) is 76.6 Å². The summed E-state index contributed by atoms with van der Waals surface area (Å²) in [5.74, 6) is 0. The largest absolute Gasteiger partial charge is 0.444 e. The molecule has 0 radical (unpaired) electrons. The van der Waals surface area contributed by atoms with Gasteiger partial charge >= 0.3 is 6.09 Å². The summed E-state index contributed by atoms with van der Waals surface area (Å²) in [7, 11) is 2.17. The van der Waals surface area contributed by atoms with Gasteiger partial charge in [0.1, 0.15) is 5.60 Å². The molecule has 1 aliphatic heterocycles. The molecule has 1 amide bonds. The molecule has 1 aliphatic carbocycles. The van der Waals surface area contributed by atoms with E-state index in [4.69, 9.17) is 4.74 Å². The van der Waals surface area contributed by atoms with Crippen LogP contribution in [0.4, 0.5) is 4.79 Å². The lowest BCUT2D eigenvalue weighted by molar-refractivity contribution is 0.0379. The van der Waals surface area contributed by atoms with Crippen LogP contribution in [-0.2, 0) is 4.74 Å². The zero-order chi connectivity index (χ0) is 15.7. The number of alkyl carbamates (subject to hydrolysis) is 1. The van der Waals surface area contributed by atoms with E-state index in [2.05, 4.69) is 29.5 Å². The number of carbonyl (C=O) groups excluding carboxylic acids is 1. The molecule has 0 spiro atoms. The van der Waals surface area contributed by atoms with Crippen LogP contribution in [0.15, 0.2) is 0 Å². The Hall–Kier alpha value is -0.810. The Kier molecular flexibility index (Phi) is 4.83. The van der Waals surface area contributed by atoms with Gasteiger partial charge in [0.25, 0.3) is 0 Å². The van der Waals surface area contributed by atoms with Crippen LogP contribution in [0, 0.1) is 0 Å². The molecule has 0 aromatic rings. The van der Waals surface area contributed by atoms with Gasteiger partial charge in [0.05, 0.1) is 5.54 Å². The first-order valence-corrected chi connectivity index (χ1v) is 8.14. The Labute approximate surface area is 128 Å². The molecule has 1 saturated heterocycles. The molecule has 2 rings (SSSR count). The molecule has 2 fully saturated rings. The molecule has 0 bridgehead atoms. The van der Waals surface area contributed by atoms with Gasteiger partial charge in [-0.1, -0.05) is 0 Å². The van der Waals surface area contributed by atoms with Gasteiger partial charge < -0.3 is 20.3 Å². The van der Waals surface area contributed by atoms with Gasteiger partial charge in [0.15, 0.2) is 0 Å². The number of carbonyl (C=O) groups is 1. The fourth-order valence-corrected chi connectivity index (χ4v) is 3.15. The summed E-state index contributed by atoms with van der Waals surface area (Å²) in [5, 5.41) is 6.74. The summed E-state index contributed by atoms with van der Waals surface area (Å²) in [6, 6.07) is 1.17. The monoisotopic (exact) mass is 297 g/mol. The summed E-state index contributed by atoms with van der Waals surface area (Å²) in [6.07, 6.45) is 4.15. The SMILES string of the molecule is CC1CC(NCC2(NC(=O)OC(C)(C)C)CCC2)CN1C. The van der Waals surface area contributed by atoms with Crippen molar-refractivity contribution < 1.29 is 9.53 Å². The van der Waals surface area contributed by atoms with Gasteiger partial charge in [0.2, 0.25) is 0 Å². The van der Waals surface area contributed by atoms with E-state index in [1.165, 1.54) is 12.8 Å². The molecule has 0 aromatic heterocycles. The molecule has 1 saturated carbocycles. The second kappa shape index (κ2) is 6.13. The second-order valence-electron chi connectivity index (χ2n) is 7.86. The van der Waals surface area contributed by atoms with Crippen molar-refractivity contribution >= 4 is 6.09 Å². The number of nitrogens with zero attached hydrogens (tertiary/aromatic N) is 1. The summed E-state index contributed by atoms with van der Waals surface area (Å²) < 4.78 is 5.39. The Bertz CT molecular complexity index is 364. The highest BCUT2D eigenvalue weighted by atomic mass is 16.6. The highest BCUT2D eigenvalue weighted by molar-refractivity contribution is 5.69. The molecule has 2 aliphatic rings. The Morgan fingerprint density at radius 2 is 2.05 bits per heavy atom. The van der Waals surface area contributed by atoms with E-state index in [1.54, 1.807) is 0 Å². The number of hydrogen-bond acceptors (Lipinski definition) is 4. The zero-order valence-electron chi connectivity index (χ0n) is 14.2. The molecular weight excluding hydrogens is 266 g/mol. The number of likely N-dealkylation sites (N-methyl/N-ethyl adjacent to an activating group) is 1. The molecule has 21 heavy (non-hydrogen) atoms. The van der Waals surface area contributed by atoms with Gasteiger partial charge in [-0.05, 0) is 60.4 Å². The van der Waals surface area contributed by atoms with E-state index >= 15 is 0 Å². The van der Waals surface area contributed by atoms with Crippen LogP contribution in [0.25, 0.3) is 0 Å². The Morgan fingerprint density at radius 1 is 1.38 bits per heavy atom. The van der Waals surface area contributed by atoms with Crippen molar-refractivity contribution in [2.24, 2.45) is 0 Å². The molecule has 2 N–H and O–H groups in total. The standard InChI is InChI=1S/C16H31N3O2/c1-12-9-13(10-19(12)5)17-11-16(7-6-8-16)18-14(20)21-15(2,3)4/h12-13,17H,6-11H2,1-5H3,(H,18,20). The van der Waals surface area contributed by atoms with Crippen molar-refractivity contribution in [2.75, 3.05) is 20.1 Å². The molecule has 2 unspecified atom stereocenters. The van der Waals surface area contributed by atoms with Crippen LogP contribution in [0.2, 0.25) is 0 Å². The maximum absolute atomic E-state index is 12.0. The van der Waals surface area contributed by atoms with E-state index in [9.17, 15) is 4.79 Å². The van der Waals surface area contributed by atoms with Crippen molar-refractivity contribution in [1.82, 2.24) is 15.5 Å². The number of nitrogens with one attached hydrogen (secondary N) is 2. The van der Waals surface area contributed by atoms with Crippen molar-refractivity contribution in [1.29, 1.82) is 0 Å². The predicted octanol–water partition coefficient (Wildman–Crippen LogP) is 2.12. The number of likely N-dealkylation sites (tertiary alicyclic amines) is 1. The maximum atomic E-state index is 12.0. The summed E-state index contributed by atoms with van der Waals surface area (Å²) in [6.45, 7) is 9.89. The molecule has 2 atom stereocenters. The summed E-state index contributed by atoms with van der Waals surface area (Å²) in [4.78, 5) is 14.4. The van der Waals surface area contributed by atoms with Gasteiger partial charge in [-0.3, -0.25) is 0 Å². The van der Waals surface area contributed by atoms with E-state index in [0.717, 1.165) is 25.9 Å². The van der Waals surface area contributed by atoms with Gasteiger partial charge in [-0.25, -0.2) is 4.79 Å². The van der Waals surface area contributed by atoms with Crippen LogP contribution < -0.4 is 10.6 Å². The number of rotatable bonds is 4. The van der Waals surface area contributed by atoms with Crippen molar-refractivity contribution in [3.63, 3.8) is 0 Å². The van der Waals surface area contributed by atoms with Crippen LogP contribution in [0.3, 0.4) is 0 Å². The third-order valence-electron chi connectivity index (χ3n) is 4.69. The van der Waals surface area contributed by atoms with Crippen molar-refractivity contribution in [3.8, 4) is 0 Å². The average Bonchev–Trinajstić information content (AvgIpc) is 2.59. The van der Waals surface area contributed by atoms with E-state index in [1.807, 2.05) is 20.8 Å². The number of amides is 1. The second-order valence-corrected chi connectivity index (χ2v) is 7.86. The smallest absolute Gasteiger partial charge is 0.408 e. The fraction of sp³-hybridized carbons (Fsp3) is 0.938. The van der Waals surface area contributed by atoms with Gasteiger partial charge in [-0.2, -0.15) is 0 Å². The summed E-state index contributed by atoms with van der Waals surface area (Å²) >= 11 is 0. The minimum absolute atomic E-state index is 0.104. The first kappa shape index (κ1) is 16.6. The van der Waals surface area contributed by atoms with Crippen LogP contribution in [0.1, 0.15) is 53.4 Å². The third-order valence-corrected chi connectivity index (χ3v) is 4.69.